The first-order chi connectivity index (χ1) is 10.2. The summed E-state index contributed by atoms with van der Waals surface area (Å²) in [5, 5.41) is 3.36. The molecule has 0 fully saturated rings. The summed E-state index contributed by atoms with van der Waals surface area (Å²) in [6, 6.07) is 6.93. The van der Waals surface area contributed by atoms with Crippen molar-refractivity contribution in [1.29, 1.82) is 0 Å². The Balaban J connectivity index is 1.93. The highest BCUT2D eigenvalue weighted by molar-refractivity contribution is 7.99. The third-order valence-corrected chi connectivity index (χ3v) is 3.42. The fourth-order valence-corrected chi connectivity index (χ4v) is 2.20. The molecule has 0 atom stereocenters. The standard InChI is InChI=1S/C14H15N3O3S/c1-19-11-5-4-10(8-12(11)20-2)17-13(18)9-21-14-15-6-3-7-16-14/h3-8H,9H2,1-2H3,(H,17,18). The van der Waals surface area contributed by atoms with Gasteiger partial charge in [-0.25, -0.2) is 9.97 Å². The van der Waals surface area contributed by atoms with Gasteiger partial charge in [-0.05, 0) is 18.2 Å². The highest BCUT2D eigenvalue weighted by atomic mass is 32.2. The number of carbonyl (C=O) groups is 1. The molecule has 0 aliphatic heterocycles. The summed E-state index contributed by atoms with van der Waals surface area (Å²) in [6.07, 6.45) is 3.28. The number of benzene rings is 1. The zero-order chi connectivity index (χ0) is 15.1. The van der Waals surface area contributed by atoms with Crippen LogP contribution in [0.15, 0.2) is 41.8 Å². The van der Waals surface area contributed by atoms with Gasteiger partial charge < -0.3 is 14.8 Å². The topological polar surface area (TPSA) is 73.3 Å². The van der Waals surface area contributed by atoms with E-state index in [2.05, 4.69) is 15.3 Å². The third kappa shape index (κ3) is 4.35. The second-order valence-corrected chi connectivity index (χ2v) is 4.88. The van der Waals surface area contributed by atoms with Crippen LogP contribution in [0.25, 0.3) is 0 Å². The lowest BCUT2D eigenvalue weighted by Gasteiger charge is -2.10. The fourth-order valence-electron chi connectivity index (χ4n) is 1.60. The van der Waals surface area contributed by atoms with E-state index in [1.165, 1.54) is 11.8 Å². The smallest absolute Gasteiger partial charge is 0.234 e. The van der Waals surface area contributed by atoms with Crippen LogP contribution in [0.5, 0.6) is 11.5 Å². The van der Waals surface area contributed by atoms with Gasteiger partial charge in [0.2, 0.25) is 5.91 Å². The van der Waals surface area contributed by atoms with Crippen molar-refractivity contribution in [1.82, 2.24) is 9.97 Å². The lowest BCUT2D eigenvalue weighted by atomic mass is 10.2. The average molecular weight is 305 g/mol. The molecule has 0 spiro atoms. The van der Waals surface area contributed by atoms with Crippen molar-refractivity contribution >= 4 is 23.4 Å². The number of carbonyl (C=O) groups excluding carboxylic acids is 1. The predicted molar refractivity (Wildman–Crippen MR) is 80.9 cm³/mol. The van der Waals surface area contributed by atoms with Crippen LogP contribution in [-0.4, -0.2) is 35.8 Å². The number of anilines is 1. The minimum Gasteiger partial charge on any atom is -0.493 e. The second-order valence-electron chi connectivity index (χ2n) is 3.94. The molecule has 0 unspecified atom stereocenters. The van der Waals surface area contributed by atoms with Crippen molar-refractivity contribution in [2.45, 2.75) is 5.16 Å². The lowest BCUT2D eigenvalue weighted by Crippen LogP contribution is -2.14. The summed E-state index contributed by atoms with van der Waals surface area (Å²) < 4.78 is 10.3. The number of amides is 1. The van der Waals surface area contributed by atoms with Gasteiger partial charge in [-0.3, -0.25) is 4.79 Å². The van der Waals surface area contributed by atoms with Crippen molar-refractivity contribution in [3.05, 3.63) is 36.7 Å². The number of hydrogen-bond donors (Lipinski definition) is 1. The Morgan fingerprint density at radius 2 is 1.90 bits per heavy atom. The summed E-state index contributed by atoms with van der Waals surface area (Å²) >= 11 is 1.28. The number of aromatic nitrogens is 2. The molecule has 0 saturated carbocycles. The molecule has 6 nitrogen and oxygen atoms in total. The van der Waals surface area contributed by atoms with E-state index in [0.29, 0.717) is 22.3 Å². The SMILES string of the molecule is COc1ccc(NC(=O)CSc2ncccn2)cc1OC. The summed E-state index contributed by atoms with van der Waals surface area (Å²) in [4.78, 5) is 20.0. The van der Waals surface area contributed by atoms with Gasteiger partial charge in [-0.2, -0.15) is 0 Å². The summed E-state index contributed by atoms with van der Waals surface area (Å²) in [7, 11) is 3.11. The Hall–Kier alpha value is -2.28. The van der Waals surface area contributed by atoms with Gasteiger partial charge in [-0.15, -0.1) is 0 Å². The summed E-state index contributed by atoms with van der Waals surface area (Å²) in [6.45, 7) is 0. The highest BCUT2D eigenvalue weighted by Gasteiger charge is 2.08. The van der Waals surface area contributed by atoms with Crippen molar-refractivity contribution in [2.75, 3.05) is 25.3 Å². The third-order valence-electron chi connectivity index (χ3n) is 2.54. The van der Waals surface area contributed by atoms with Crippen LogP contribution < -0.4 is 14.8 Å². The van der Waals surface area contributed by atoms with Crippen LogP contribution in [0.3, 0.4) is 0 Å². The molecule has 0 radical (unpaired) electrons. The van der Waals surface area contributed by atoms with Gasteiger partial charge in [0.25, 0.3) is 0 Å². The quantitative estimate of drug-likeness (QED) is 0.651. The van der Waals surface area contributed by atoms with Crippen molar-refractivity contribution in [3.8, 4) is 11.5 Å². The van der Waals surface area contributed by atoms with Gasteiger partial charge in [-0.1, -0.05) is 11.8 Å². The molecule has 1 aromatic carbocycles. The molecule has 0 saturated heterocycles. The Kier molecular flexibility index (Phi) is 5.39. The maximum atomic E-state index is 11.9. The second kappa shape index (κ2) is 7.49. The van der Waals surface area contributed by atoms with Gasteiger partial charge in [0.05, 0.1) is 20.0 Å². The number of ether oxygens (including phenoxy) is 2. The van der Waals surface area contributed by atoms with Gasteiger partial charge in [0, 0.05) is 24.1 Å². The van der Waals surface area contributed by atoms with Gasteiger partial charge in [0.1, 0.15) is 0 Å². The highest BCUT2D eigenvalue weighted by Crippen LogP contribution is 2.29. The molecule has 1 heterocycles. The Bertz CT molecular complexity index is 608. The Labute approximate surface area is 126 Å². The van der Waals surface area contributed by atoms with Gasteiger partial charge >= 0.3 is 0 Å². The maximum absolute atomic E-state index is 11.9. The van der Waals surface area contributed by atoms with Crippen LogP contribution in [0, 0.1) is 0 Å². The fraction of sp³-hybridized carbons (Fsp3) is 0.214. The molecule has 0 aliphatic rings. The average Bonchev–Trinajstić information content (AvgIpc) is 2.53. The van der Waals surface area contributed by atoms with Gasteiger partial charge in [0.15, 0.2) is 16.7 Å². The Morgan fingerprint density at radius 1 is 1.19 bits per heavy atom. The molecule has 1 amide bonds. The molecule has 1 N–H and O–H groups in total. The molecule has 110 valence electrons. The van der Waals surface area contributed by atoms with Crippen molar-refractivity contribution in [3.63, 3.8) is 0 Å². The Morgan fingerprint density at radius 3 is 2.57 bits per heavy atom. The van der Waals surface area contributed by atoms with Crippen molar-refractivity contribution in [2.24, 2.45) is 0 Å². The zero-order valence-corrected chi connectivity index (χ0v) is 12.5. The summed E-state index contributed by atoms with van der Waals surface area (Å²) in [5.74, 6) is 1.27. The van der Waals surface area contributed by atoms with Crippen LogP contribution >= 0.6 is 11.8 Å². The minimum atomic E-state index is -0.139. The van der Waals surface area contributed by atoms with Crippen LogP contribution in [-0.2, 0) is 4.79 Å². The van der Waals surface area contributed by atoms with E-state index in [-0.39, 0.29) is 11.7 Å². The molecule has 1 aromatic heterocycles. The number of hydrogen-bond acceptors (Lipinski definition) is 6. The van der Waals surface area contributed by atoms with E-state index in [1.54, 1.807) is 50.9 Å². The molecule has 2 aromatic rings. The van der Waals surface area contributed by atoms with Crippen molar-refractivity contribution < 1.29 is 14.3 Å². The maximum Gasteiger partial charge on any atom is 0.234 e. The molecule has 21 heavy (non-hydrogen) atoms. The van der Waals surface area contributed by atoms with Crippen LogP contribution in [0.2, 0.25) is 0 Å². The lowest BCUT2D eigenvalue weighted by molar-refractivity contribution is -0.113. The van der Waals surface area contributed by atoms with E-state index in [0.717, 1.165) is 0 Å². The van der Waals surface area contributed by atoms with E-state index in [1.807, 2.05) is 0 Å². The summed E-state index contributed by atoms with van der Waals surface area (Å²) in [5.41, 5.74) is 0.646. The largest absolute Gasteiger partial charge is 0.493 e. The van der Waals surface area contributed by atoms with E-state index >= 15 is 0 Å². The first-order valence-corrected chi connectivity index (χ1v) is 7.13. The number of nitrogens with one attached hydrogen (secondary N) is 1. The van der Waals surface area contributed by atoms with E-state index in [9.17, 15) is 4.79 Å². The molecule has 7 heteroatoms. The normalized spacial score (nSPS) is 10.0. The van der Waals surface area contributed by atoms with Crippen LogP contribution in [0.1, 0.15) is 0 Å². The number of thioether (sulfide) groups is 1. The molecule has 0 aliphatic carbocycles. The number of methoxy groups -OCH3 is 2. The molecule has 0 bridgehead atoms. The van der Waals surface area contributed by atoms with Crippen LogP contribution in [0.4, 0.5) is 5.69 Å². The number of rotatable bonds is 6. The minimum absolute atomic E-state index is 0.139. The molecule has 2 rings (SSSR count). The monoisotopic (exact) mass is 305 g/mol. The van der Waals surface area contributed by atoms with E-state index < -0.39 is 0 Å². The molecular formula is C14H15N3O3S. The number of nitrogens with zero attached hydrogens (tertiary/aromatic N) is 2. The first kappa shape index (κ1) is 15.1. The van der Waals surface area contributed by atoms with E-state index in [4.69, 9.17) is 9.47 Å². The molecular weight excluding hydrogens is 290 g/mol. The predicted octanol–water partition coefficient (Wildman–Crippen LogP) is 2.22. The zero-order valence-electron chi connectivity index (χ0n) is 11.7. The first-order valence-electron chi connectivity index (χ1n) is 6.14.